The van der Waals surface area contributed by atoms with Crippen LogP contribution in [0, 0.1) is 0 Å². The quantitative estimate of drug-likeness (QED) is 0.370. The first kappa shape index (κ1) is 16.0. The lowest BCUT2D eigenvalue weighted by Gasteiger charge is -2.05. The Morgan fingerprint density at radius 3 is 2.20 bits per heavy atom. The zero-order valence-electron chi connectivity index (χ0n) is 11.2. The zero-order valence-corrected chi connectivity index (χ0v) is 12.8. The highest BCUT2D eigenvalue weighted by Gasteiger charge is 2.00. The van der Waals surface area contributed by atoms with Crippen LogP contribution in [0.15, 0.2) is 40.5 Å². The number of thiocarbonyl (C=S) groups is 2. The number of hydrogen-bond acceptors (Lipinski definition) is 4. The molecule has 20 heavy (non-hydrogen) atoms. The summed E-state index contributed by atoms with van der Waals surface area (Å²) in [6.07, 6.45) is 1.56. The summed E-state index contributed by atoms with van der Waals surface area (Å²) in [5, 5.41) is 14.6. The summed E-state index contributed by atoms with van der Waals surface area (Å²) in [7, 11) is 3.43. The van der Waals surface area contributed by atoms with E-state index in [9.17, 15) is 0 Å². The molecule has 0 aromatic heterocycles. The van der Waals surface area contributed by atoms with Gasteiger partial charge in [-0.2, -0.15) is 10.2 Å². The van der Waals surface area contributed by atoms with E-state index >= 15 is 0 Å². The van der Waals surface area contributed by atoms with Crippen LogP contribution in [0.25, 0.3) is 0 Å². The fraction of sp³-hybridized carbons (Fsp3) is 0.167. The molecule has 0 unspecified atom stereocenters. The van der Waals surface area contributed by atoms with E-state index in [2.05, 4.69) is 31.7 Å². The maximum atomic E-state index is 4.98. The number of benzene rings is 1. The molecule has 0 amide bonds. The monoisotopic (exact) mass is 308 g/mol. The van der Waals surface area contributed by atoms with E-state index in [1.165, 1.54) is 0 Å². The lowest BCUT2D eigenvalue weighted by molar-refractivity contribution is 0.972. The number of rotatable bonds is 4. The molecular formula is C12H16N6S2. The van der Waals surface area contributed by atoms with E-state index in [1.807, 2.05) is 30.3 Å². The molecule has 8 heteroatoms. The third kappa shape index (κ3) is 5.72. The molecule has 1 aromatic rings. The number of hydrogen-bond donors (Lipinski definition) is 4. The van der Waals surface area contributed by atoms with Crippen molar-refractivity contribution in [2.75, 3.05) is 14.1 Å². The first-order valence-corrected chi connectivity index (χ1v) is 6.60. The summed E-state index contributed by atoms with van der Waals surface area (Å²) < 4.78 is 0. The van der Waals surface area contributed by atoms with Crippen molar-refractivity contribution in [3.63, 3.8) is 0 Å². The van der Waals surface area contributed by atoms with Gasteiger partial charge in [0.05, 0.1) is 6.21 Å². The third-order valence-electron chi connectivity index (χ3n) is 2.15. The van der Waals surface area contributed by atoms with E-state index in [1.54, 1.807) is 20.3 Å². The largest absolute Gasteiger partial charge is 0.364 e. The molecule has 0 saturated heterocycles. The van der Waals surface area contributed by atoms with Crippen LogP contribution >= 0.6 is 24.4 Å². The topological polar surface area (TPSA) is 72.8 Å². The van der Waals surface area contributed by atoms with Gasteiger partial charge in [0.2, 0.25) is 0 Å². The van der Waals surface area contributed by atoms with Crippen LogP contribution in [-0.2, 0) is 0 Å². The third-order valence-corrected chi connectivity index (χ3v) is 2.75. The molecule has 1 rings (SSSR count). The van der Waals surface area contributed by atoms with Gasteiger partial charge in [0.15, 0.2) is 10.2 Å². The predicted molar refractivity (Wildman–Crippen MR) is 91.1 cm³/mol. The smallest absolute Gasteiger partial charge is 0.186 e. The SMILES string of the molecule is CNC(=S)NN=CC(=NNC(=S)NC)c1ccccc1. The van der Waals surface area contributed by atoms with Gasteiger partial charge in [-0.3, -0.25) is 10.9 Å². The van der Waals surface area contributed by atoms with E-state index < -0.39 is 0 Å². The summed E-state index contributed by atoms with van der Waals surface area (Å²) in [4.78, 5) is 0. The summed E-state index contributed by atoms with van der Waals surface area (Å²) >= 11 is 9.90. The molecule has 1 aromatic carbocycles. The summed E-state index contributed by atoms with van der Waals surface area (Å²) in [6, 6.07) is 9.61. The van der Waals surface area contributed by atoms with Gasteiger partial charge in [0, 0.05) is 19.7 Å². The minimum atomic E-state index is 0.422. The fourth-order valence-electron chi connectivity index (χ4n) is 1.15. The second-order valence-electron chi connectivity index (χ2n) is 3.50. The average Bonchev–Trinajstić information content (AvgIpc) is 2.50. The Balaban J connectivity index is 2.85. The Labute approximate surface area is 128 Å². The van der Waals surface area contributed by atoms with Crippen LogP contribution in [0.5, 0.6) is 0 Å². The number of hydrazone groups is 2. The van der Waals surface area contributed by atoms with Crippen LogP contribution < -0.4 is 21.5 Å². The molecule has 0 radical (unpaired) electrons. The molecule has 0 fully saturated rings. The molecule has 0 aliphatic heterocycles. The van der Waals surface area contributed by atoms with Gasteiger partial charge in [0.1, 0.15) is 5.71 Å². The van der Waals surface area contributed by atoms with Gasteiger partial charge in [0.25, 0.3) is 0 Å². The highest BCUT2D eigenvalue weighted by molar-refractivity contribution is 7.80. The van der Waals surface area contributed by atoms with E-state index in [-0.39, 0.29) is 0 Å². The molecular weight excluding hydrogens is 292 g/mol. The first-order valence-electron chi connectivity index (χ1n) is 5.79. The molecule has 0 bridgehead atoms. The highest BCUT2D eigenvalue weighted by Crippen LogP contribution is 1.99. The molecule has 6 nitrogen and oxygen atoms in total. The van der Waals surface area contributed by atoms with Crippen LogP contribution in [0.4, 0.5) is 0 Å². The predicted octanol–water partition coefficient (Wildman–Crippen LogP) is 0.564. The minimum Gasteiger partial charge on any atom is -0.364 e. The second-order valence-corrected chi connectivity index (χ2v) is 4.32. The van der Waals surface area contributed by atoms with Gasteiger partial charge in [-0.25, -0.2) is 0 Å². The van der Waals surface area contributed by atoms with Gasteiger partial charge in [-0.05, 0) is 24.4 Å². The minimum absolute atomic E-state index is 0.422. The fourth-order valence-corrected chi connectivity index (χ4v) is 1.25. The molecule has 0 aliphatic carbocycles. The normalized spacial score (nSPS) is 11.0. The first-order chi connectivity index (χ1) is 9.67. The zero-order chi connectivity index (χ0) is 14.8. The number of nitrogens with zero attached hydrogens (tertiary/aromatic N) is 2. The lowest BCUT2D eigenvalue weighted by Crippen LogP contribution is -2.30. The van der Waals surface area contributed by atoms with Crippen molar-refractivity contribution in [1.29, 1.82) is 0 Å². The Hall–Kier alpha value is -2.06. The van der Waals surface area contributed by atoms with E-state index in [4.69, 9.17) is 24.4 Å². The average molecular weight is 308 g/mol. The summed E-state index contributed by atoms with van der Waals surface area (Å²) in [6.45, 7) is 0. The summed E-state index contributed by atoms with van der Waals surface area (Å²) in [5.74, 6) is 0. The number of nitrogens with one attached hydrogen (secondary N) is 4. The Morgan fingerprint density at radius 2 is 1.60 bits per heavy atom. The van der Waals surface area contributed by atoms with Crippen LogP contribution in [0.3, 0.4) is 0 Å². The van der Waals surface area contributed by atoms with Gasteiger partial charge >= 0.3 is 0 Å². The molecule has 0 spiro atoms. The summed E-state index contributed by atoms with van der Waals surface area (Å²) in [5.41, 5.74) is 6.91. The van der Waals surface area contributed by atoms with Crippen molar-refractivity contribution in [3.8, 4) is 0 Å². The van der Waals surface area contributed by atoms with Gasteiger partial charge in [-0.15, -0.1) is 0 Å². The molecule has 106 valence electrons. The van der Waals surface area contributed by atoms with E-state index in [0.717, 1.165) is 5.56 Å². The Kier molecular flexibility index (Phi) is 7.15. The Bertz CT molecular complexity index is 512. The van der Waals surface area contributed by atoms with Crippen molar-refractivity contribution >= 4 is 46.6 Å². The molecule has 0 heterocycles. The lowest BCUT2D eigenvalue weighted by atomic mass is 10.1. The maximum Gasteiger partial charge on any atom is 0.186 e. The van der Waals surface area contributed by atoms with Crippen LogP contribution in [0.1, 0.15) is 5.56 Å². The standard InChI is InChI=1S/C12H16N6S2/c1-13-11(19)17-15-8-10(16-18-12(20)14-2)9-6-4-3-5-7-9/h3-8H,1-2H3,(H2,13,17,19)(H2,14,18,20). The Morgan fingerprint density at radius 1 is 1.00 bits per heavy atom. The van der Waals surface area contributed by atoms with Crippen molar-refractivity contribution < 1.29 is 0 Å². The van der Waals surface area contributed by atoms with Crippen molar-refractivity contribution in [2.24, 2.45) is 10.2 Å². The van der Waals surface area contributed by atoms with Gasteiger partial charge in [-0.1, -0.05) is 30.3 Å². The molecule has 0 saturated carbocycles. The maximum absolute atomic E-state index is 4.98. The van der Waals surface area contributed by atoms with E-state index in [0.29, 0.717) is 15.9 Å². The second kappa shape index (κ2) is 8.94. The highest BCUT2D eigenvalue weighted by atomic mass is 32.1. The van der Waals surface area contributed by atoms with Crippen molar-refractivity contribution in [2.45, 2.75) is 0 Å². The van der Waals surface area contributed by atoms with Crippen molar-refractivity contribution in [3.05, 3.63) is 35.9 Å². The van der Waals surface area contributed by atoms with Crippen LogP contribution in [0.2, 0.25) is 0 Å². The molecule has 0 aliphatic rings. The molecule has 0 atom stereocenters. The van der Waals surface area contributed by atoms with Crippen LogP contribution in [-0.4, -0.2) is 36.2 Å². The molecule has 4 N–H and O–H groups in total. The van der Waals surface area contributed by atoms with Crippen molar-refractivity contribution in [1.82, 2.24) is 21.5 Å². The van der Waals surface area contributed by atoms with Gasteiger partial charge < -0.3 is 10.6 Å².